The third-order valence-corrected chi connectivity index (χ3v) is 4.62. The summed E-state index contributed by atoms with van der Waals surface area (Å²) >= 11 is 6.05. The third-order valence-electron chi connectivity index (χ3n) is 4.37. The molecule has 2 aromatic rings. The van der Waals surface area contributed by atoms with E-state index in [0.29, 0.717) is 18.1 Å². The van der Waals surface area contributed by atoms with E-state index in [9.17, 15) is 4.79 Å². The van der Waals surface area contributed by atoms with Gasteiger partial charge in [0.1, 0.15) is 0 Å². The van der Waals surface area contributed by atoms with Crippen LogP contribution in [-0.4, -0.2) is 12.6 Å². The number of rotatable bonds is 8. The van der Waals surface area contributed by atoms with Crippen molar-refractivity contribution in [3.8, 4) is 0 Å². The summed E-state index contributed by atoms with van der Waals surface area (Å²) < 4.78 is 5.49. The van der Waals surface area contributed by atoms with E-state index < -0.39 is 5.41 Å². The predicted octanol–water partition coefficient (Wildman–Crippen LogP) is 5.57. The quantitative estimate of drug-likeness (QED) is 0.585. The number of carbonyl (C=O) groups excluding carboxylic acids is 1. The summed E-state index contributed by atoms with van der Waals surface area (Å²) in [4.78, 5) is 13.0. The molecular formula is C21H25ClO2. The number of carbonyl (C=O) groups is 1. The molecule has 0 bridgehead atoms. The van der Waals surface area contributed by atoms with Crippen LogP contribution in [0, 0.1) is 0 Å². The minimum atomic E-state index is -0.669. The lowest BCUT2D eigenvalue weighted by molar-refractivity contribution is -0.150. The molecule has 0 aliphatic rings. The molecule has 0 N–H and O–H groups in total. The molecule has 0 fully saturated rings. The molecule has 0 saturated heterocycles. The third kappa shape index (κ3) is 4.39. The fraction of sp³-hybridized carbons (Fsp3) is 0.381. The Labute approximate surface area is 149 Å². The van der Waals surface area contributed by atoms with Crippen LogP contribution in [0.3, 0.4) is 0 Å². The number of unbranched alkanes of at least 4 members (excludes halogenated alkanes) is 1. The molecule has 0 saturated carbocycles. The number of esters is 1. The minimum Gasteiger partial charge on any atom is -0.465 e. The van der Waals surface area contributed by atoms with Crippen molar-refractivity contribution in [3.05, 3.63) is 70.7 Å². The normalized spacial score (nSPS) is 13.3. The molecule has 1 atom stereocenters. The van der Waals surface area contributed by atoms with Crippen molar-refractivity contribution < 1.29 is 9.53 Å². The molecule has 0 heterocycles. The molecule has 0 aromatic heterocycles. The van der Waals surface area contributed by atoms with Crippen molar-refractivity contribution >= 4 is 17.6 Å². The van der Waals surface area contributed by atoms with Crippen LogP contribution >= 0.6 is 11.6 Å². The molecule has 2 aromatic carbocycles. The molecular weight excluding hydrogens is 320 g/mol. The van der Waals surface area contributed by atoms with Gasteiger partial charge in [0.25, 0.3) is 0 Å². The Hall–Kier alpha value is -1.80. The Balaban J connectivity index is 2.49. The highest BCUT2D eigenvalue weighted by molar-refractivity contribution is 6.30. The van der Waals surface area contributed by atoms with Gasteiger partial charge in [0.2, 0.25) is 0 Å². The molecule has 3 heteroatoms. The number of hydrogen-bond donors (Lipinski definition) is 0. The van der Waals surface area contributed by atoms with E-state index in [1.54, 1.807) is 0 Å². The molecule has 0 spiro atoms. The molecule has 0 unspecified atom stereocenters. The second kappa shape index (κ2) is 8.89. The van der Waals surface area contributed by atoms with E-state index in [-0.39, 0.29) is 5.97 Å². The summed E-state index contributed by atoms with van der Waals surface area (Å²) in [6.45, 7) is 4.38. The Kier molecular flexibility index (Phi) is 6.86. The molecule has 0 amide bonds. The van der Waals surface area contributed by atoms with Crippen molar-refractivity contribution in [1.82, 2.24) is 0 Å². The van der Waals surface area contributed by atoms with Crippen LogP contribution in [-0.2, 0) is 21.4 Å². The Morgan fingerprint density at radius 3 is 2.29 bits per heavy atom. The fourth-order valence-corrected chi connectivity index (χ4v) is 3.21. The van der Waals surface area contributed by atoms with Crippen LogP contribution in [0.2, 0.25) is 5.02 Å². The van der Waals surface area contributed by atoms with Crippen molar-refractivity contribution in [3.63, 3.8) is 0 Å². The zero-order valence-corrected chi connectivity index (χ0v) is 15.2. The molecule has 2 nitrogen and oxygen atoms in total. The molecule has 0 radical (unpaired) electrons. The van der Waals surface area contributed by atoms with Gasteiger partial charge in [-0.25, -0.2) is 0 Å². The van der Waals surface area contributed by atoms with E-state index in [0.717, 1.165) is 30.4 Å². The Bertz CT molecular complexity index is 637. The van der Waals surface area contributed by atoms with E-state index in [4.69, 9.17) is 16.3 Å². The molecule has 128 valence electrons. The lowest BCUT2D eigenvalue weighted by Gasteiger charge is -2.32. The van der Waals surface area contributed by atoms with Gasteiger partial charge in [-0.2, -0.15) is 0 Å². The van der Waals surface area contributed by atoms with Crippen LogP contribution in [0.5, 0.6) is 0 Å². The van der Waals surface area contributed by atoms with Gasteiger partial charge >= 0.3 is 5.97 Å². The zero-order valence-electron chi connectivity index (χ0n) is 14.4. The smallest absolute Gasteiger partial charge is 0.316 e. The molecule has 2 rings (SSSR count). The summed E-state index contributed by atoms with van der Waals surface area (Å²) in [5.74, 6) is -0.148. The first-order valence-electron chi connectivity index (χ1n) is 8.59. The lowest BCUT2D eigenvalue weighted by atomic mass is 9.72. The Morgan fingerprint density at radius 2 is 1.71 bits per heavy atom. The van der Waals surface area contributed by atoms with Crippen LogP contribution in [0.25, 0.3) is 0 Å². The van der Waals surface area contributed by atoms with E-state index in [2.05, 4.69) is 19.1 Å². The summed E-state index contributed by atoms with van der Waals surface area (Å²) in [6.07, 6.45) is 3.39. The second-order valence-corrected chi connectivity index (χ2v) is 6.51. The van der Waals surface area contributed by atoms with E-state index >= 15 is 0 Å². The fourth-order valence-electron chi connectivity index (χ4n) is 3.09. The maximum atomic E-state index is 13.0. The highest BCUT2D eigenvalue weighted by Crippen LogP contribution is 2.36. The largest absolute Gasteiger partial charge is 0.465 e. The SMILES string of the molecule is CCCC[C@@](Cc1ccccc1)(C(=O)OCC)c1ccc(Cl)cc1. The number of ether oxygens (including phenoxy) is 1. The van der Waals surface area contributed by atoms with Gasteiger partial charge in [-0.3, -0.25) is 4.79 Å². The van der Waals surface area contributed by atoms with Gasteiger partial charge in [0.05, 0.1) is 12.0 Å². The average molecular weight is 345 g/mol. The zero-order chi connectivity index (χ0) is 17.4. The molecule has 0 aliphatic heterocycles. The highest BCUT2D eigenvalue weighted by Gasteiger charge is 2.41. The average Bonchev–Trinajstić information content (AvgIpc) is 2.60. The lowest BCUT2D eigenvalue weighted by Crippen LogP contribution is -2.40. The second-order valence-electron chi connectivity index (χ2n) is 6.08. The van der Waals surface area contributed by atoms with E-state index in [1.807, 2.05) is 49.4 Å². The van der Waals surface area contributed by atoms with Gasteiger partial charge in [-0.15, -0.1) is 0 Å². The van der Waals surface area contributed by atoms with Gasteiger partial charge in [0.15, 0.2) is 0 Å². The predicted molar refractivity (Wildman–Crippen MR) is 99.4 cm³/mol. The first kappa shape index (κ1) is 18.5. The van der Waals surface area contributed by atoms with Gasteiger partial charge in [-0.1, -0.05) is 73.8 Å². The van der Waals surface area contributed by atoms with Gasteiger partial charge in [0, 0.05) is 5.02 Å². The number of benzene rings is 2. The maximum absolute atomic E-state index is 13.0. The Morgan fingerprint density at radius 1 is 1.04 bits per heavy atom. The van der Waals surface area contributed by atoms with Gasteiger partial charge < -0.3 is 4.74 Å². The van der Waals surface area contributed by atoms with Gasteiger partial charge in [-0.05, 0) is 43.0 Å². The maximum Gasteiger partial charge on any atom is 0.316 e. The first-order chi connectivity index (χ1) is 11.6. The highest BCUT2D eigenvalue weighted by atomic mass is 35.5. The van der Waals surface area contributed by atoms with Crippen molar-refractivity contribution in [2.75, 3.05) is 6.61 Å². The van der Waals surface area contributed by atoms with Crippen LogP contribution in [0.1, 0.15) is 44.2 Å². The minimum absolute atomic E-state index is 0.148. The number of hydrogen-bond acceptors (Lipinski definition) is 2. The van der Waals surface area contributed by atoms with Crippen LogP contribution in [0.4, 0.5) is 0 Å². The summed E-state index contributed by atoms with van der Waals surface area (Å²) in [5.41, 5.74) is 1.44. The summed E-state index contributed by atoms with van der Waals surface area (Å²) in [5, 5.41) is 0.673. The summed E-state index contributed by atoms with van der Waals surface area (Å²) in [7, 11) is 0. The van der Waals surface area contributed by atoms with Crippen LogP contribution < -0.4 is 0 Å². The molecule has 0 aliphatic carbocycles. The molecule has 24 heavy (non-hydrogen) atoms. The standard InChI is InChI=1S/C21H25ClO2/c1-3-5-15-21(20(23)24-4-2,16-17-9-7-6-8-10-17)18-11-13-19(22)14-12-18/h6-14H,3-5,15-16H2,1-2H3/t21-/m0/s1. The first-order valence-corrected chi connectivity index (χ1v) is 8.97. The van der Waals surface area contributed by atoms with Crippen molar-refractivity contribution in [2.45, 2.75) is 44.9 Å². The van der Waals surface area contributed by atoms with Crippen molar-refractivity contribution in [2.24, 2.45) is 0 Å². The van der Waals surface area contributed by atoms with E-state index in [1.165, 1.54) is 0 Å². The number of halogens is 1. The topological polar surface area (TPSA) is 26.3 Å². The van der Waals surface area contributed by atoms with Crippen molar-refractivity contribution in [1.29, 1.82) is 0 Å². The van der Waals surface area contributed by atoms with Crippen LogP contribution in [0.15, 0.2) is 54.6 Å². The monoisotopic (exact) mass is 344 g/mol. The summed E-state index contributed by atoms with van der Waals surface area (Å²) in [6, 6.07) is 17.7.